The number of methoxy groups -OCH3 is 1. The molecule has 0 bridgehead atoms. The van der Waals surface area contributed by atoms with Gasteiger partial charge >= 0.3 is 0 Å². The van der Waals surface area contributed by atoms with Crippen LogP contribution in [0, 0.1) is 5.92 Å². The molecule has 0 aliphatic heterocycles. The largest absolute Gasteiger partial charge is 0.385 e. The molecule has 0 atom stereocenters. The van der Waals surface area contributed by atoms with Gasteiger partial charge in [0.2, 0.25) is 0 Å². The Bertz CT molecular complexity index is 191. The van der Waals surface area contributed by atoms with E-state index in [1.54, 1.807) is 7.11 Å². The fourth-order valence-electron chi connectivity index (χ4n) is 2.90. The Labute approximate surface area is 113 Å². The van der Waals surface area contributed by atoms with Gasteiger partial charge in [-0.3, -0.25) is 0 Å². The lowest BCUT2D eigenvalue weighted by Gasteiger charge is -2.34. The molecule has 0 heterocycles. The summed E-state index contributed by atoms with van der Waals surface area (Å²) < 4.78 is 5.03. The van der Waals surface area contributed by atoms with Gasteiger partial charge < -0.3 is 15.0 Å². The third-order valence-electron chi connectivity index (χ3n) is 4.36. The molecule has 1 saturated carbocycles. The zero-order valence-corrected chi connectivity index (χ0v) is 12.6. The first-order valence-electron chi connectivity index (χ1n) is 7.67. The molecule has 0 spiro atoms. The van der Waals surface area contributed by atoms with Crippen molar-refractivity contribution >= 4 is 0 Å². The van der Waals surface area contributed by atoms with Crippen molar-refractivity contribution in [3.05, 3.63) is 0 Å². The second kappa shape index (κ2) is 9.76. The van der Waals surface area contributed by atoms with Gasteiger partial charge in [0.05, 0.1) is 0 Å². The molecule has 1 N–H and O–H groups in total. The Morgan fingerprint density at radius 3 is 2.50 bits per heavy atom. The van der Waals surface area contributed by atoms with Gasteiger partial charge in [0.15, 0.2) is 0 Å². The summed E-state index contributed by atoms with van der Waals surface area (Å²) in [5.74, 6) is 1.00. The van der Waals surface area contributed by atoms with Crippen LogP contribution in [0.4, 0.5) is 0 Å². The van der Waals surface area contributed by atoms with Gasteiger partial charge in [-0.25, -0.2) is 0 Å². The van der Waals surface area contributed by atoms with Crippen molar-refractivity contribution in [1.29, 1.82) is 0 Å². The lowest BCUT2D eigenvalue weighted by molar-refractivity contribution is 0.163. The van der Waals surface area contributed by atoms with E-state index in [2.05, 4.69) is 24.2 Å². The summed E-state index contributed by atoms with van der Waals surface area (Å²) in [5.41, 5.74) is 0. The average Bonchev–Trinajstić information content (AvgIpc) is 2.42. The summed E-state index contributed by atoms with van der Waals surface area (Å²) in [6.07, 6.45) is 8.16. The number of likely N-dealkylation sites (N-methyl/N-ethyl adjacent to an activating group) is 1. The van der Waals surface area contributed by atoms with E-state index < -0.39 is 0 Å². The summed E-state index contributed by atoms with van der Waals surface area (Å²) >= 11 is 0. The van der Waals surface area contributed by atoms with E-state index in [0.29, 0.717) is 0 Å². The molecule has 0 radical (unpaired) electrons. The van der Waals surface area contributed by atoms with E-state index in [9.17, 15) is 0 Å². The predicted molar refractivity (Wildman–Crippen MR) is 78.0 cm³/mol. The van der Waals surface area contributed by atoms with Gasteiger partial charge in [0, 0.05) is 32.8 Å². The normalized spacial score (nSPS) is 24.7. The Hall–Kier alpha value is -0.120. The second-order valence-electron chi connectivity index (χ2n) is 5.66. The SMILES string of the molecule is CCC1CCC(N(C)CCNCCCOC)CC1. The van der Waals surface area contributed by atoms with Crippen molar-refractivity contribution in [2.75, 3.05) is 40.4 Å². The maximum atomic E-state index is 5.03. The minimum atomic E-state index is 0.827. The molecule has 18 heavy (non-hydrogen) atoms. The second-order valence-corrected chi connectivity index (χ2v) is 5.66. The molecule has 3 heteroatoms. The Morgan fingerprint density at radius 1 is 1.17 bits per heavy atom. The fourth-order valence-corrected chi connectivity index (χ4v) is 2.90. The van der Waals surface area contributed by atoms with Crippen LogP contribution < -0.4 is 5.32 Å². The molecular weight excluding hydrogens is 224 g/mol. The van der Waals surface area contributed by atoms with E-state index in [0.717, 1.165) is 38.1 Å². The predicted octanol–water partition coefficient (Wildman–Crippen LogP) is 2.51. The molecule has 1 fully saturated rings. The molecule has 0 aromatic heterocycles. The number of ether oxygens (including phenoxy) is 1. The van der Waals surface area contributed by atoms with Gasteiger partial charge in [-0.05, 0) is 51.6 Å². The first-order valence-corrected chi connectivity index (χ1v) is 7.67. The summed E-state index contributed by atoms with van der Waals surface area (Å²) in [7, 11) is 4.05. The molecule has 0 amide bonds. The van der Waals surface area contributed by atoms with Crippen LogP contribution in [0.1, 0.15) is 45.4 Å². The average molecular weight is 256 g/mol. The van der Waals surface area contributed by atoms with Crippen molar-refractivity contribution in [3.8, 4) is 0 Å². The lowest BCUT2D eigenvalue weighted by Crippen LogP contribution is -2.39. The molecule has 1 aliphatic rings. The monoisotopic (exact) mass is 256 g/mol. The van der Waals surface area contributed by atoms with Crippen molar-refractivity contribution in [1.82, 2.24) is 10.2 Å². The van der Waals surface area contributed by atoms with E-state index in [1.165, 1.54) is 38.6 Å². The maximum absolute atomic E-state index is 5.03. The Morgan fingerprint density at radius 2 is 1.89 bits per heavy atom. The van der Waals surface area contributed by atoms with Crippen molar-refractivity contribution in [2.45, 2.75) is 51.5 Å². The smallest absolute Gasteiger partial charge is 0.0474 e. The van der Waals surface area contributed by atoms with Crippen molar-refractivity contribution in [2.24, 2.45) is 5.92 Å². The topological polar surface area (TPSA) is 24.5 Å². The first kappa shape index (κ1) is 15.9. The Kier molecular flexibility index (Phi) is 8.64. The van der Waals surface area contributed by atoms with Crippen LogP contribution >= 0.6 is 0 Å². The third-order valence-corrected chi connectivity index (χ3v) is 4.36. The summed E-state index contributed by atoms with van der Waals surface area (Å²) in [6.45, 7) is 6.55. The molecular formula is C15H32N2O. The van der Waals surface area contributed by atoms with Gasteiger partial charge in [0.1, 0.15) is 0 Å². The standard InChI is InChI=1S/C15H32N2O/c1-4-14-6-8-15(9-7-14)17(2)12-11-16-10-5-13-18-3/h14-16H,4-13H2,1-3H3. The highest BCUT2D eigenvalue weighted by molar-refractivity contribution is 4.77. The fraction of sp³-hybridized carbons (Fsp3) is 1.00. The van der Waals surface area contributed by atoms with Crippen LogP contribution in [0.5, 0.6) is 0 Å². The van der Waals surface area contributed by atoms with Crippen LogP contribution in [-0.2, 0) is 4.74 Å². The Balaban J connectivity index is 2.01. The molecule has 1 aliphatic carbocycles. The zero-order valence-electron chi connectivity index (χ0n) is 12.6. The summed E-state index contributed by atoms with van der Waals surface area (Å²) in [4.78, 5) is 2.55. The molecule has 3 nitrogen and oxygen atoms in total. The van der Waals surface area contributed by atoms with Crippen LogP contribution in [-0.4, -0.2) is 51.3 Å². The highest BCUT2D eigenvalue weighted by Crippen LogP contribution is 2.28. The van der Waals surface area contributed by atoms with Gasteiger partial charge in [-0.1, -0.05) is 13.3 Å². The minimum Gasteiger partial charge on any atom is -0.385 e. The highest BCUT2D eigenvalue weighted by Gasteiger charge is 2.22. The van der Waals surface area contributed by atoms with E-state index in [4.69, 9.17) is 4.74 Å². The summed E-state index contributed by atoms with van der Waals surface area (Å²) in [5, 5.41) is 3.49. The van der Waals surface area contributed by atoms with Crippen LogP contribution in [0.25, 0.3) is 0 Å². The quantitative estimate of drug-likeness (QED) is 0.642. The zero-order chi connectivity index (χ0) is 13.2. The highest BCUT2D eigenvalue weighted by atomic mass is 16.5. The number of hydrogen-bond acceptors (Lipinski definition) is 3. The van der Waals surface area contributed by atoms with Gasteiger partial charge in [-0.15, -0.1) is 0 Å². The van der Waals surface area contributed by atoms with Gasteiger partial charge in [-0.2, -0.15) is 0 Å². The van der Waals surface area contributed by atoms with Crippen LogP contribution in [0.3, 0.4) is 0 Å². The number of nitrogens with one attached hydrogen (secondary N) is 1. The van der Waals surface area contributed by atoms with E-state index >= 15 is 0 Å². The summed E-state index contributed by atoms with van der Waals surface area (Å²) in [6, 6.07) is 0.827. The molecule has 0 aromatic carbocycles. The van der Waals surface area contributed by atoms with Crippen molar-refractivity contribution in [3.63, 3.8) is 0 Å². The number of rotatable bonds is 9. The molecule has 108 valence electrons. The van der Waals surface area contributed by atoms with Crippen LogP contribution in [0.2, 0.25) is 0 Å². The molecule has 0 saturated heterocycles. The van der Waals surface area contributed by atoms with E-state index in [1.807, 2.05) is 0 Å². The van der Waals surface area contributed by atoms with Crippen molar-refractivity contribution < 1.29 is 4.74 Å². The minimum absolute atomic E-state index is 0.827. The molecule has 0 unspecified atom stereocenters. The van der Waals surface area contributed by atoms with Crippen LogP contribution in [0.15, 0.2) is 0 Å². The maximum Gasteiger partial charge on any atom is 0.0474 e. The number of hydrogen-bond donors (Lipinski definition) is 1. The van der Waals surface area contributed by atoms with Gasteiger partial charge in [0.25, 0.3) is 0 Å². The number of nitrogens with zero attached hydrogens (tertiary/aromatic N) is 1. The lowest BCUT2D eigenvalue weighted by atomic mass is 9.84. The first-order chi connectivity index (χ1) is 8.77. The molecule has 0 aromatic rings. The molecule has 1 rings (SSSR count). The van der Waals surface area contributed by atoms with E-state index in [-0.39, 0.29) is 0 Å². The third kappa shape index (κ3) is 6.17.